The van der Waals surface area contributed by atoms with E-state index in [9.17, 15) is 4.79 Å². The number of hydrogen-bond donors (Lipinski definition) is 0. The van der Waals surface area contributed by atoms with Gasteiger partial charge >= 0.3 is 0 Å². The maximum atomic E-state index is 11.8. The predicted octanol–water partition coefficient (Wildman–Crippen LogP) is 2.28. The molecule has 0 radical (unpaired) electrons. The molecular weight excluding hydrogens is 188 g/mol. The number of ketones is 1. The summed E-state index contributed by atoms with van der Waals surface area (Å²) in [6.07, 6.45) is 6.53. The zero-order chi connectivity index (χ0) is 11.1. The maximum Gasteiger partial charge on any atom is 0.140 e. The van der Waals surface area contributed by atoms with Crippen LogP contribution in [0.4, 0.5) is 0 Å². The van der Waals surface area contributed by atoms with Crippen molar-refractivity contribution in [3.63, 3.8) is 0 Å². The second-order valence-electron chi connectivity index (χ2n) is 4.49. The first-order valence-corrected chi connectivity index (χ1v) is 5.66. The van der Waals surface area contributed by atoms with Gasteiger partial charge in [0.15, 0.2) is 0 Å². The second kappa shape index (κ2) is 3.47. The van der Waals surface area contributed by atoms with Crippen LogP contribution in [0.25, 0.3) is 0 Å². The molecule has 3 heteroatoms. The number of aryl methyl sites for hydroxylation is 1. The number of carbonyl (C=O) groups excluding carboxylic acids is 1. The molecule has 82 valence electrons. The van der Waals surface area contributed by atoms with Crippen LogP contribution in [0, 0.1) is 5.41 Å². The Hall–Kier alpha value is -1.12. The fourth-order valence-corrected chi connectivity index (χ4v) is 2.84. The highest BCUT2D eigenvalue weighted by atomic mass is 16.1. The van der Waals surface area contributed by atoms with Gasteiger partial charge in [-0.2, -0.15) is 5.10 Å². The maximum absolute atomic E-state index is 11.8. The molecule has 1 aliphatic carbocycles. The molecule has 0 N–H and O–H groups in total. The Morgan fingerprint density at radius 1 is 1.53 bits per heavy atom. The molecule has 1 aromatic rings. The number of carbonyl (C=O) groups is 1. The molecule has 1 atom stereocenters. The highest BCUT2D eigenvalue weighted by Gasteiger charge is 2.52. The highest BCUT2D eigenvalue weighted by Crippen LogP contribution is 2.54. The monoisotopic (exact) mass is 206 g/mol. The molecule has 1 aromatic heterocycles. The number of aromatic nitrogens is 2. The molecule has 0 saturated heterocycles. The van der Waals surface area contributed by atoms with Gasteiger partial charge in [-0.05, 0) is 18.4 Å². The van der Waals surface area contributed by atoms with Crippen LogP contribution in [-0.2, 0) is 11.8 Å². The van der Waals surface area contributed by atoms with E-state index < -0.39 is 0 Å². The van der Waals surface area contributed by atoms with Crippen molar-refractivity contribution in [1.29, 1.82) is 0 Å². The minimum atomic E-state index is -0.0942. The Bertz CT molecular complexity index is 377. The first-order valence-electron chi connectivity index (χ1n) is 5.66. The van der Waals surface area contributed by atoms with Crippen molar-refractivity contribution >= 4 is 5.78 Å². The third-order valence-corrected chi connectivity index (χ3v) is 4.00. The van der Waals surface area contributed by atoms with Crippen molar-refractivity contribution < 1.29 is 4.79 Å². The Labute approximate surface area is 90.5 Å². The summed E-state index contributed by atoms with van der Waals surface area (Å²) in [5.74, 6) is 0.829. The number of nitrogens with zero attached hydrogens (tertiary/aromatic N) is 2. The first kappa shape index (κ1) is 10.4. The van der Waals surface area contributed by atoms with Crippen molar-refractivity contribution in [3.8, 4) is 0 Å². The van der Waals surface area contributed by atoms with Gasteiger partial charge in [-0.15, -0.1) is 0 Å². The molecule has 1 heterocycles. The Morgan fingerprint density at radius 3 is 2.60 bits per heavy atom. The van der Waals surface area contributed by atoms with Crippen LogP contribution in [0.1, 0.15) is 44.6 Å². The molecule has 3 nitrogen and oxygen atoms in total. The summed E-state index contributed by atoms with van der Waals surface area (Å²) in [5, 5.41) is 4.18. The Morgan fingerprint density at radius 2 is 2.20 bits per heavy atom. The van der Waals surface area contributed by atoms with Gasteiger partial charge in [0.1, 0.15) is 5.78 Å². The lowest BCUT2D eigenvalue weighted by Gasteiger charge is -2.46. The van der Waals surface area contributed by atoms with E-state index in [-0.39, 0.29) is 5.41 Å². The van der Waals surface area contributed by atoms with Crippen LogP contribution in [0.2, 0.25) is 0 Å². The number of hydrogen-bond acceptors (Lipinski definition) is 2. The normalized spacial score (nSPS) is 23.9. The van der Waals surface area contributed by atoms with Gasteiger partial charge in [0.05, 0.1) is 6.20 Å². The number of Topliss-reactive ketones (excluding diaryl/α,β-unsaturated/α-hetero) is 1. The lowest BCUT2D eigenvalue weighted by atomic mass is 9.54. The van der Waals surface area contributed by atoms with E-state index in [1.54, 1.807) is 0 Å². The van der Waals surface area contributed by atoms with Gasteiger partial charge in [-0.3, -0.25) is 9.48 Å². The van der Waals surface area contributed by atoms with Gasteiger partial charge < -0.3 is 0 Å². The van der Waals surface area contributed by atoms with Crippen molar-refractivity contribution in [1.82, 2.24) is 9.78 Å². The van der Waals surface area contributed by atoms with Gasteiger partial charge in [-0.1, -0.05) is 13.8 Å². The quantitative estimate of drug-likeness (QED) is 0.760. The molecule has 2 rings (SSSR count). The van der Waals surface area contributed by atoms with Crippen molar-refractivity contribution in [2.24, 2.45) is 12.5 Å². The van der Waals surface area contributed by atoms with Gasteiger partial charge in [0.25, 0.3) is 0 Å². The Balaban J connectivity index is 2.28. The lowest BCUT2D eigenvalue weighted by Crippen LogP contribution is -2.47. The van der Waals surface area contributed by atoms with Crippen LogP contribution < -0.4 is 0 Å². The molecule has 0 bridgehead atoms. The molecule has 1 aliphatic rings. The van der Waals surface area contributed by atoms with E-state index in [0.29, 0.717) is 18.1 Å². The van der Waals surface area contributed by atoms with Crippen molar-refractivity contribution in [3.05, 3.63) is 18.0 Å². The largest absolute Gasteiger partial charge is 0.299 e. The van der Waals surface area contributed by atoms with Gasteiger partial charge in [0, 0.05) is 31.0 Å². The summed E-state index contributed by atoms with van der Waals surface area (Å²) in [5.41, 5.74) is 1.13. The van der Waals surface area contributed by atoms with Crippen molar-refractivity contribution in [2.75, 3.05) is 0 Å². The summed E-state index contributed by atoms with van der Waals surface area (Å²) < 4.78 is 1.81. The Kier molecular flexibility index (Phi) is 2.41. The van der Waals surface area contributed by atoms with E-state index in [4.69, 9.17) is 0 Å². The fraction of sp³-hybridized carbons (Fsp3) is 0.667. The lowest BCUT2D eigenvalue weighted by molar-refractivity contribution is -0.141. The van der Waals surface area contributed by atoms with Crippen LogP contribution in [0.5, 0.6) is 0 Å². The fourth-order valence-electron chi connectivity index (χ4n) is 2.84. The van der Waals surface area contributed by atoms with E-state index in [1.165, 1.54) is 5.56 Å². The topological polar surface area (TPSA) is 34.9 Å². The van der Waals surface area contributed by atoms with E-state index in [1.807, 2.05) is 24.1 Å². The van der Waals surface area contributed by atoms with Crippen LogP contribution in [0.3, 0.4) is 0 Å². The second-order valence-corrected chi connectivity index (χ2v) is 4.49. The zero-order valence-corrected chi connectivity index (χ0v) is 9.66. The molecule has 0 aliphatic heterocycles. The van der Waals surface area contributed by atoms with Crippen LogP contribution in [-0.4, -0.2) is 15.6 Å². The summed E-state index contributed by atoms with van der Waals surface area (Å²) in [6.45, 7) is 4.23. The van der Waals surface area contributed by atoms with Crippen LogP contribution >= 0.6 is 0 Å². The molecule has 0 amide bonds. The standard InChI is InChI=1S/C12H18N2O/c1-4-12(5-2)10(6-11(12)15)9-7-13-14(3)8-9/h7-8,10H,4-6H2,1-3H3. The van der Waals surface area contributed by atoms with Crippen LogP contribution in [0.15, 0.2) is 12.4 Å². The van der Waals surface area contributed by atoms with Gasteiger partial charge in [-0.25, -0.2) is 0 Å². The van der Waals surface area contributed by atoms with Crippen molar-refractivity contribution in [2.45, 2.75) is 39.0 Å². The highest BCUT2D eigenvalue weighted by molar-refractivity contribution is 5.93. The molecular formula is C12H18N2O. The third kappa shape index (κ3) is 1.33. The molecule has 1 unspecified atom stereocenters. The average molecular weight is 206 g/mol. The van der Waals surface area contributed by atoms with E-state index in [2.05, 4.69) is 18.9 Å². The molecule has 0 spiro atoms. The summed E-state index contributed by atoms with van der Waals surface area (Å²) in [4.78, 5) is 11.8. The minimum Gasteiger partial charge on any atom is -0.299 e. The third-order valence-electron chi connectivity index (χ3n) is 4.00. The van der Waals surface area contributed by atoms with E-state index in [0.717, 1.165) is 12.8 Å². The molecule has 15 heavy (non-hydrogen) atoms. The predicted molar refractivity (Wildman–Crippen MR) is 58.6 cm³/mol. The zero-order valence-electron chi connectivity index (χ0n) is 9.66. The molecule has 0 aromatic carbocycles. The van der Waals surface area contributed by atoms with E-state index >= 15 is 0 Å². The summed E-state index contributed by atoms with van der Waals surface area (Å²) in [7, 11) is 1.92. The minimum absolute atomic E-state index is 0.0942. The smallest absolute Gasteiger partial charge is 0.140 e. The number of rotatable bonds is 3. The molecule has 1 fully saturated rings. The average Bonchev–Trinajstić information content (AvgIpc) is 2.63. The molecule has 1 saturated carbocycles. The van der Waals surface area contributed by atoms with Gasteiger partial charge in [0.2, 0.25) is 0 Å². The summed E-state index contributed by atoms with van der Waals surface area (Å²) in [6, 6.07) is 0. The SMILES string of the molecule is CCC1(CC)C(=O)CC1c1cnn(C)c1. The summed E-state index contributed by atoms with van der Waals surface area (Å²) >= 11 is 0. The first-order chi connectivity index (χ1) is 7.14.